The number of Topliss-reactive ketones (excluding diaryl/α,β-unsaturated/α-hetero) is 1. The van der Waals surface area contributed by atoms with Crippen LogP contribution in [0.3, 0.4) is 0 Å². The van der Waals surface area contributed by atoms with Crippen LogP contribution in [0.1, 0.15) is 31.7 Å². The van der Waals surface area contributed by atoms with Crippen molar-refractivity contribution in [3.05, 3.63) is 29.8 Å². The van der Waals surface area contributed by atoms with Gasteiger partial charge in [-0.3, -0.25) is 4.79 Å². The Labute approximate surface area is 85.9 Å². The second-order valence-corrected chi connectivity index (χ2v) is 4.11. The Bertz CT molecular complexity index is 349. The molecule has 0 spiro atoms. The zero-order chi connectivity index (χ0) is 10.2. The van der Waals surface area contributed by atoms with Crippen LogP contribution in [0.15, 0.2) is 24.3 Å². The first kappa shape index (κ1) is 9.51. The van der Waals surface area contributed by atoms with Gasteiger partial charge in [0.25, 0.3) is 0 Å². The Morgan fingerprint density at radius 3 is 2.21 bits per heavy atom. The zero-order valence-corrected chi connectivity index (χ0v) is 8.42. The van der Waals surface area contributed by atoms with Gasteiger partial charge in [-0.2, -0.15) is 0 Å². The number of benzene rings is 1. The number of carbonyl (C=O) groups excluding carboxylic acids is 1. The summed E-state index contributed by atoms with van der Waals surface area (Å²) in [4.78, 5) is 11.6. The first-order valence-corrected chi connectivity index (χ1v) is 5.02. The SMILES string of the molecule is [B]c1ccc(C2(C(C)=O)CCC2)cc1. The summed E-state index contributed by atoms with van der Waals surface area (Å²) in [7, 11) is 5.62. The average molecular weight is 184 g/mol. The van der Waals surface area contributed by atoms with E-state index in [4.69, 9.17) is 7.85 Å². The molecule has 0 aliphatic heterocycles. The van der Waals surface area contributed by atoms with Crippen molar-refractivity contribution < 1.29 is 4.79 Å². The third-order valence-corrected chi connectivity index (χ3v) is 3.34. The maximum Gasteiger partial charge on any atom is 0.140 e. The Hall–Kier alpha value is -1.05. The predicted octanol–water partition coefficient (Wildman–Crippen LogP) is 1.49. The summed E-state index contributed by atoms with van der Waals surface area (Å²) >= 11 is 0. The van der Waals surface area contributed by atoms with Crippen LogP contribution in [0.25, 0.3) is 0 Å². The van der Waals surface area contributed by atoms with Crippen molar-refractivity contribution in [2.24, 2.45) is 0 Å². The number of ketones is 1. The molecule has 0 saturated heterocycles. The molecule has 0 amide bonds. The molecule has 1 aliphatic carbocycles. The monoisotopic (exact) mass is 184 g/mol. The highest BCUT2D eigenvalue weighted by molar-refractivity contribution is 6.32. The van der Waals surface area contributed by atoms with Crippen LogP contribution in [-0.4, -0.2) is 13.6 Å². The topological polar surface area (TPSA) is 17.1 Å². The van der Waals surface area contributed by atoms with E-state index in [2.05, 4.69) is 0 Å². The van der Waals surface area contributed by atoms with Gasteiger partial charge in [-0.15, -0.1) is 0 Å². The lowest BCUT2D eigenvalue weighted by molar-refractivity contribution is -0.125. The normalized spacial score (nSPS) is 18.6. The van der Waals surface area contributed by atoms with E-state index in [9.17, 15) is 4.79 Å². The number of rotatable bonds is 2. The van der Waals surface area contributed by atoms with E-state index in [-0.39, 0.29) is 11.2 Å². The van der Waals surface area contributed by atoms with Gasteiger partial charge in [0, 0.05) is 0 Å². The van der Waals surface area contributed by atoms with E-state index in [0.29, 0.717) is 0 Å². The molecule has 0 aromatic heterocycles. The lowest BCUT2D eigenvalue weighted by atomic mass is 9.62. The summed E-state index contributed by atoms with van der Waals surface area (Å²) in [5, 5.41) is 0. The summed E-state index contributed by atoms with van der Waals surface area (Å²) in [6.07, 6.45) is 3.14. The largest absolute Gasteiger partial charge is 0.299 e. The van der Waals surface area contributed by atoms with Gasteiger partial charge in [0.05, 0.1) is 5.41 Å². The standard InChI is InChI=1S/C12H13BO/c1-9(14)12(7-2-8-12)10-3-5-11(13)6-4-10/h3-6H,2,7-8H2,1H3. The molecule has 2 rings (SSSR count). The Morgan fingerprint density at radius 1 is 1.29 bits per heavy atom. The highest BCUT2D eigenvalue weighted by Gasteiger charge is 2.42. The van der Waals surface area contributed by atoms with Crippen molar-refractivity contribution in [2.45, 2.75) is 31.6 Å². The van der Waals surface area contributed by atoms with Crippen LogP contribution < -0.4 is 5.46 Å². The molecule has 2 heteroatoms. The van der Waals surface area contributed by atoms with E-state index >= 15 is 0 Å². The third kappa shape index (κ3) is 1.29. The van der Waals surface area contributed by atoms with Crippen molar-refractivity contribution in [1.29, 1.82) is 0 Å². The minimum absolute atomic E-state index is 0.187. The van der Waals surface area contributed by atoms with E-state index in [1.807, 2.05) is 24.3 Å². The van der Waals surface area contributed by atoms with Gasteiger partial charge < -0.3 is 0 Å². The van der Waals surface area contributed by atoms with Crippen LogP contribution in [0, 0.1) is 0 Å². The highest BCUT2D eigenvalue weighted by Crippen LogP contribution is 2.44. The highest BCUT2D eigenvalue weighted by atomic mass is 16.1. The molecule has 0 unspecified atom stereocenters. The molecule has 1 aromatic carbocycles. The third-order valence-electron chi connectivity index (χ3n) is 3.34. The molecule has 0 N–H and O–H groups in total. The van der Waals surface area contributed by atoms with Crippen LogP contribution in [-0.2, 0) is 10.2 Å². The van der Waals surface area contributed by atoms with Crippen molar-refractivity contribution in [2.75, 3.05) is 0 Å². The molecule has 1 aromatic rings. The molecule has 1 nitrogen and oxygen atoms in total. The second kappa shape index (κ2) is 3.27. The van der Waals surface area contributed by atoms with Crippen molar-refractivity contribution >= 4 is 19.1 Å². The zero-order valence-electron chi connectivity index (χ0n) is 8.42. The maximum atomic E-state index is 11.6. The van der Waals surface area contributed by atoms with E-state index in [0.717, 1.165) is 30.3 Å². The van der Waals surface area contributed by atoms with Gasteiger partial charge in [0.15, 0.2) is 0 Å². The summed E-state index contributed by atoms with van der Waals surface area (Å²) in [5.74, 6) is 0.286. The Balaban J connectivity index is 2.37. The van der Waals surface area contributed by atoms with Crippen LogP contribution in [0.4, 0.5) is 0 Å². The quantitative estimate of drug-likeness (QED) is 0.636. The first-order chi connectivity index (χ1) is 6.65. The lowest BCUT2D eigenvalue weighted by Gasteiger charge is -2.40. The number of hydrogen-bond acceptors (Lipinski definition) is 1. The molecule has 1 fully saturated rings. The molecule has 14 heavy (non-hydrogen) atoms. The van der Waals surface area contributed by atoms with Crippen LogP contribution >= 0.6 is 0 Å². The van der Waals surface area contributed by atoms with E-state index in [1.165, 1.54) is 0 Å². The number of carbonyl (C=O) groups is 1. The summed E-state index contributed by atoms with van der Waals surface area (Å²) < 4.78 is 0. The first-order valence-electron chi connectivity index (χ1n) is 5.02. The molecular weight excluding hydrogens is 171 g/mol. The summed E-state index contributed by atoms with van der Waals surface area (Å²) in [6.45, 7) is 1.69. The molecule has 0 bridgehead atoms. The predicted molar refractivity (Wildman–Crippen MR) is 58.0 cm³/mol. The van der Waals surface area contributed by atoms with Crippen molar-refractivity contribution in [1.82, 2.24) is 0 Å². The van der Waals surface area contributed by atoms with Gasteiger partial charge in [0.2, 0.25) is 0 Å². The Morgan fingerprint density at radius 2 is 1.86 bits per heavy atom. The second-order valence-electron chi connectivity index (χ2n) is 4.11. The van der Waals surface area contributed by atoms with Gasteiger partial charge in [-0.25, -0.2) is 0 Å². The van der Waals surface area contributed by atoms with Crippen molar-refractivity contribution in [3.63, 3.8) is 0 Å². The maximum absolute atomic E-state index is 11.6. The fourth-order valence-corrected chi connectivity index (χ4v) is 2.18. The van der Waals surface area contributed by atoms with Gasteiger partial charge >= 0.3 is 0 Å². The number of hydrogen-bond donors (Lipinski definition) is 0. The van der Waals surface area contributed by atoms with Crippen LogP contribution in [0.2, 0.25) is 0 Å². The van der Waals surface area contributed by atoms with Crippen molar-refractivity contribution in [3.8, 4) is 0 Å². The lowest BCUT2D eigenvalue weighted by Crippen LogP contribution is -2.41. The Kier molecular flexibility index (Phi) is 2.22. The smallest absolute Gasteiger partial charge is 0.140 e. The molecule has 0 heterocycles. The van der Waals surface area contributed by atoms with Gasteiger partial charge in [-0.1, -0.05) is 36.1 Å². The molecule has 1 aliphatic rings. The summed E-state index contributed by atoms with van der Waals surface area (Å²) in [5.41, 5.74) is 1.70. The van der Waals surface area contributed by atoms with E-state index < -0.39 is 0 Å². The minimum atomic E-state index is -0.187. The van der Waals surface area contributed by atoms with Crippen LogP contribution in [0.5, 0.6) is 0 Å². The fourth-order valence-electron chi connectivity index (χ4n) is 2.18. The average Bonchev–Trinajstić information content (AvgIpc) is 2.05. The molecular formula is C12H13BO. The summed E-state index contributed by atoms with van der Waals surface area (Å²) in [6, 6.07) is 7.71. The molecule has 0 atom stereocenters. The molecule has 70 valence electrons. The molecule has 1 saturated carbocycles. The van der Waals surface area contributed by atoms with E-state index in [1.54, 1.807) is 6.92 Å². The fraction of sp³-hybridized carbons (Fsp3) is 0.417. The molecule has 2 radical (unpaired) electrons. The van der Waals surface area contributed by atoms with Gasteiger partial charge in [0.1, 0.15) is 13.6 Å². The van der Waals surface area contributed by atoms with Gasteiger partial charge in [-0.05, 0) is 25.3 Å². The minimum Gasteiger partial charge on any atom is -0.299 e.